The van der Waals surface area contributed by atoms with Crippen molar-refractivity contribution >= 4 is 0 Å². The predicted molar refractivity (Wildman–Crippen MR) is 193 cm³/mol. The molecular formula is C43H29N5. The van der Waals surface area contributed by atoms with Gasteiger partial charge in [0.05, 0.1) is 5.69 Å². The van der Waals surface area contributed by atoms with Crippen molar-refractivity contribution in [2.75, 3.05) is 0 Å². The van der Waals surface area contributed by atoms with Crippen LogP contribution in [0.5, 0.6) is 0 Å². The summed E-state index contributed by atoms with van der Waals surface area (Å²) in [5.74, 6) is 1.88. The Morgan fingerprint density at radius 3 is 1.25 bits per heavy atom. The van der Waals surface area contributed by atoms with E-state index >= 15 is 0 Å². The van der Waals surface area contributed by atoms with Crippen LogP contribution in [-0.4, -0.2) is 24.9 Å². The second-order valence-corrected chi connectivity index (χ2v) is 11.4. The van der Waals surface area contributed by atoms with E-state index in [-0.39, 0.29) is 0 Å². The molecule has 5 aromatic carbocycles. The Balaban J connectivity index is 1.28. The molecular weight excluding hydrogens is 587 g/mol. The third kappa shape index (κ3) is 6.13. The Hall–Kier alpha value is -6.59. The van der Waals surface area contributed by atoms with Crippen molar-refractivity contribution in [2.24, 2.45) is 0 Å². The molecule has 0 atom stereocenters. The lowest BCUT2D eigenvalue weighted by atomic mass is 9.94. The van der Waals surface area contributed by atoms with Gasteiger partial charge < -0.3 is 0 Å². The lowest BCUT2D eigenvalue weighted by Crippen LogP contribution is -2.00. The molecule has 48 heavy (non-hydrogen) atoms. The van der Waals surface area contributed by atoms with Crippen molar-refractivity contribution in [2.45, 2.75) is 0 Å². The molecule has 3 aromatic heterocycles. The van der Waals surface area contributed by atoms with Gasteiger partial charge in [-0.25, -0.2) is 15.0 Å². The first-order valence-corrected chi connectivity index (χ1v) is 15.8. The maximum absolute atomic E-state index is 5.04. The van der Waals surface area contributed by atoms with E-state index in [0.29, 0.717) is 17.5 Å². The molecule has 0 N–H and O–H groups in total. The van der Waals surface area contributed by atoms with Crippen LogP contribution in [0.3, 0.4) is 0 Å². The van der Waals surface area contributed by atoms with Crippen LogP contribution >= 0.6 is 0 Å². The highest BCUT2D eigenvalue weighted by molar-refractivity contribution is 5.82. The van der Waals surface area contributed by atoms with Crippen LogP contribution in [0.25, 0.3) is 78.8 Å². The van der Waals surface area contributed by atoms with Crippen LogP contribution in [0, 0.1) is 0 Å². The van der Waals surface area contributed by atoms with Crippen LogP contribution in [-0.2, 0) is 0 Å². The molecule has 0 saturated carbocycles. The zero-order valence-electron chi connectivity index (χ0n) is 26.0. The molecule has 8 aromatic rings. The first-order chi connectivity index (χ1) is 23.8. The van der Waals surface area contributed by atoms with Gasteiger partial charge in [-0.1, -0.05) is 121 Å². The van der Waals surface area contributed by atoms with Gasteiger partial charge in [0.1, 0.15) is 0 Å². The fourth-order valence-corrected chi connectivity index (χ4v) is 5.78. The largest absolute Gasteiger partial charge is 0.264 e. The fraction of sp³-hybridized carbons (Fsp3) is 0. The van der Waals surface area contributed by atoms with Gasteiger partial charge in [0.15, 0.2) is 17.5 Å². The number of benzene rings is 5. The van der Waals surface area contributed by atoms with Gasteiger partial charge in [0.2, 0.25) is 0 Å². The van der Waals surface area contributed by atoms with Crippen molar-refractivity contribution in [1.82, 2.24) is 24.9 Å². The van der Waals surface area contributed by atoms with Crippen molar-refractivity contribution in [3.8, 4) is 78.8 Å². The van der Waals surface area contributed by atoms with Crippen LogP contribution in [0.15, 0.2) is 176 Å². The van der Waals surface area contributed by atoms with Gasteiger partial charge in [-0.3, -0.25) is 9.97 Å². The summed E-state index contributed by atoms with van der Waals surface area (Å²) in [4.78, 5) is 23.8. The smallest absolute Gasteiger partial charge is 0.164 e. The van der Waals surface area contributed by atoms with Crippen LogP contribution in [0.4, 0.5) is 0 Å². The van der Waals surface area contributed by atoms with E-state index in [1.807, 2.05) is 97.3 Å². The molecule has 0 amide bonds. The first-order valence-electron chi connectivity index (χ1n) is 15.8. The molecule has 0 saturated heterocycles. The van der Waals surface area contributed by atoms with E-state index in [2.05, 4.69) is 82.8 Å². The highest BCUT2D eigenvalue weighted by atomic mass is 15.0. The lowest BCUT2D eigenvalue weighted by molar-refractivity contribution is 1.07. The topological polar surface area (TPSA) is 64.5 Å². The molecule has 226 valence electrons. The Kier molecular flexibility index (Phi) is 7.83. The van der Waals surface area contributed by atoms with E-state index in [1.54, 1.807) is 6.20 Å². The van der Waals surface area contributed by atoms with Crippen LogP contribution in [0.2, 0.25) is 0 Å². The summed E-state index contributed by atoms with van der Waals surface area (Å²) in [7, 11) is 0. The van der Waals surface area contributed by atoms with Crippen molar-refractivity contribution in [3.63, 3.8) is 0 Å². The monoisotopic (exact) mass is 615 g/mol. The number of pyridine rings is 2. The molecule has 0 aliphatic rings. The molecule has 3 heterocycles. The zero-order chi connectivity index (χ0) is 32.1. The molecule has 5 heteroatoms. The molecule has 0 aliphatic heterocycles. The van der Waals surface area contributed by atoms with Gasteiger partial charge in [-0.15, -0.1) is 0 Å². The molecule has 0 spiro atoms. The Morgan fingerprint density at radius 2 is 0.750 bits per heavy atom. The minimum absolute atomic E-state index is 0.614. The maximum Gasteiger partial charge on any atom is 0.164 e. The average Bonchev–Trinajstić information content (AvgIpc) is 3.19. The third-order valence-corrected chi connectivity index (χ3v) is 8.28. The Bertz CT molecular complexity index is 2130. The Labute approximate surface area is 279 Å². The summed E-state index contributed by atoms with van der Waals surface area (Å²) in [6, 6.07) is 53.9. The molecule has 0 radical (unpaired) electrons. The van der Waals surface area contributed by atoms with Gasteiger partial charge in [-0.05, 0) is 69.8 Å². The van der Waals surface area contributed by atoms with E-state index in [9.17, 15) is 0 Å². The third-order valence-electron chi connectivity index (χ3n) is 8.28. The average molecular weight is 616 g/mol. The predicted octanol–water partition coefficient (Wildman–Crippen LogP) is 10.3. The first kappa shape index (κ1) is 28.9. The fourth-order valence-electron chi connectivity index (χ4n) is 5.78. The summed E-state index contributed by atoms with van der Waals surface area (Å²) in [6.07, 6.45) is 5.50. The lowest BCUT2D eigenvalue weighted by Gasteiger charge is -2.13. The number of hydrogen-bond donors (Lipinski definition) is 0. The molecule has 5 nitrogen and oxygen atoms in total. The summed E-state index contributed by atoms with van der Waals surface area (Å²) >= 11 is 0. The second kappa shape index (κ2) is 13.0. The standard InChI is InChI=1S/C43H29N5/c1-3-10-34(11-4-1)41-46-42(35-12-5-2-6-13-35)48-43(47-41)39-27-37(31-18-16-30(17-19-31)36-14-9-24-44-29-36)26-38(28-39)32-20-22-33(23-21-32)40-15-7-8-25-45-40/h1-29H. The number of aromatic nitrogens is 5. The number of nitrogens with zero attached hydrogens (tertiary/aromatic N) is 5. The minimum Gasteiger partial charge on any atom is -0.264 e. The van der Waals surface area contributed by atoms with Crippen molar-refractivity contribution in [3.05, 3.63) is 176 Å². The summed E-state index contributed by atoms with van der Waals surface area (Å²) in [5.41, 5.74) is 11.3. The molecule has 0 unspecified atom stereocenters. The van der Waals surface area contributed by atoms with Gasteiger partial charge in [-0.2, -0.15) is 0 Å². The second-order valence-electron chi connectivity index (χ2n) is 11.4. The van der Waals surface area contributed by atoms with Gasteiger partial charge in [0, 0.05) is 40.8 Å². The van der Waals surface area contributed by atoms with E-state index in [1.165, 1.54) is 0 Å². The molecule has 0 aliphatic carbocycles. The van der Waals surface area contributed by atoms with Crippen LogP contribution in [0.1, 0.15) is 0 Å². The number of hydrogen-bond acceptors (Lipinski definition) is 5. The quantitative estimate of drug-likeness (QED) is 0.178. The van der Waals surface area contributed by atoms with Gasteiger partial charge in [0.25, 0.3) is 0 Å². The summed E-state index contributed by atoms with van der Waals surface area (Å²) < 4.78 is 0. The van der Waals surface area contributed by atoms with Crippen LogP contribution < -0.4 is 0 Å². The van der Waals surface area contributed by atoms with Gasteiger partial charge >= 0.3 is 0 Å². The highest BCUT2D eigenvalue weighted by Crippen LogP contribution is 2.35. The minimum atomic E-state index is 0.614. The summed E-state index contributed by atoms with van der Waals surface area (Å²) in [6.45, 7) is 0. The Morgan fingerprint density at radius 1 is 0.292 bits per heavy atom. The molecule has 0 bridgehead atoms. The highest BCUT2D eigenvalue weighted by Gasteiger charge is 2.15. The van der Waals surface area contributed by atoms with Crippen molar-refractivity contribution < 1.29 is 0 Å². The van der Waals surface area contributed by atoms with E-state index in [0.717, 1.165) is 61.3 Å². The SMILES string of the molecule is c1ccc(-c2nc(-c3ccccc3)nc(-c3cc(-c4ccc(-c5cccnc5)cc4)cc(-c4ccc(-c5ccccn5)cc4)c3)n2)cc1. The molecule has 8 rings (SSSR count). The number of rotatable bonds is 7. The van der Waals surface area contributed by atoms with E-state index in [4.69, 9.17) is 15.0 Å². The zero-order valence-corrected chi connectivity index (χ0v) is 26.0. The molecule has 0 fully saturated rings. The van der Waals surface area contributed by atoms with Crippen molar-refractivity contribution in [1.29, 1.82) is 0 Å². The normalized spacial score (nSPS) is 10.9. The van der Waals surface area contributed by atoms with E-state index < -0.39 is 0 Å². The summed E-state index contributed by atoms with van der Waals surface area (Å²) in [5, 5.41) is 0. The maximum atomic E-state index is 5.04.